The lowest BCUT2D eigenvalue weighted by atomic mass is 10.1. The van der Waals surface area contributed by atoms with Gasteiger partial charge < -0.3 is 24.4 Å². The molecule has 0 amide bonds. The number of aromatic nitrogens is 2. The van der Waals surface area contributed by atoms with Crippen molar-refractivity contribution in [3.8, 4) is 0 Å². The first kappa shape index (κ1) is 16.2. The number of nitrogens with one attached hydrogen (secondary N) is 1. The van der Waals surface area contributed by atoms with Crippen molar-refractivity contribution in [2.24, 2.45) is 5.50 Å². The Morgan fingerprint density at radius 3 is 2.71 bits per heavy atom. The molecule has 1 saturated heterocycles. The van der Waals surface area contributed by atoms with Crippen LogP contribution in [0.3, 0.4) is 0 Å². The van der Waals surface area contributed by atoms with Gasteiger partial charge in [0.25, 0.3) is 5.56 Å². The molecule has 0 saturated carbocycles. The Labute approximate surface area is 119 Å². The number of aliphatic hydroxyl groups excluding tert-OH is 2. The predicted molar refractivity (Wildman–Crippen MR) is 71.3 cm³/mol. The standard InChI is InChI=1S/C10H16N3O7P/c1-4-2-6(14)12-10(17)13(4)9-8(16)7(15)5(20-9)3-19-21(11)18/h2,5,7-9,15-16,18H,3,11H2,1H3,(H,12,14,17)/t5-,7-,8-,9-,21?/m1/s1. The minimum Gasteiger partial charge on any atom is -0.387 e. The van der Waals surface area contributed by atoms with Crippen LogP contribution in [0.25, 0.3) is 0 Å². The number of hydrogen-bond acceptors (Lipinski definition) is 8. The van der Waals surface area contributed by atoms with Gasteiger partial charge in [0.1, 0.15) is 18.3 Å². The van der Waals surface area contributed by atoms with E-state index >= 15 is 0 Å². The first-order chi connectivity index (χ1) is 9.81. The van der Waals surface area contributed by atoms with Crippen molar-refractivity contribution < 1.29 is 24.4 Å². The molecule has 1 aromatic heterocycles. The summed E-state index contributed by atoms with van der Waals surface area (Å²) in [6, 6.07) is 1.17. The van der Waals surface area contributed by atoms with E-state index in [-0.39, 0.29) is 12.3 Å². The van der Waals surface area contributed by atoms with Crippen molar-refractivity contribution in [3.63, 3.8) is 0 Å². The fourth-order valence-electron chi connectivity index (χ4n) is 2.17. The van der Waals surface area contributed by atoms with E-state index < -0.39 is 44.3 Å². The second-order valence-electron chi connectivity index (χ2n) is 4.59. The lowest BCUT2D eigenvalue weighted by molar-refractivity contribution is -0.0523. The van der Waals surface area contributed by atoms with E-state index in [9.17, 15) is 19.8 Å². The summed E-state index contributed by atoms with van der Waals surface area (Å²) in [6.45, 7) is 1.25. The van der Waals surface area contributed by atoms with Crippen LogP contribution in [0, 0.1) is 6.92 Å². The normalized spacial score (nSPS) is 30.5. The number of nitrogens with zero attached hydrogens (tertiary/aromatic N) is 1. The van der Waals surface area contributed by atoms with Gasteiger partial charge in [0.15, 0.2) is 6.23 Å². The maximum atomic E-state index is 11.8. The SMILES string of the molecule is Cc1cc(=O)[nH]c(=O)n1[C@@H]1O[C@H](COP(N)O)[C@@H](O)[C@H]1O. The zero-order chi connectivity index (χ0) is 15.7. The van der Waals surface area contributed by atoms with Gasteiger partial charge in [-0.15, -0.1) is 0 Å². The molecule has 21 heavy (non-hydrogen) atoms. The number of aryl methyl sites for hydroxylation is 1. The van der Waals surface area contributed by atoms with Crippen molar-refractivity contribution in [2.75, 3.05) is 6.61 Å². The van der Waals surface area contributed by atoms with Crippen LogP contribution in [0.4, 0.5) is 0 Å². The van der Waals surface area contributed by atoms with Gasteiger partial charge in [-0.1, -0.05) is 0 Å². The molecule has 1 aromatic rings. The van der Waals surface area contributed by atoms with Gasteiger partial charge in [-0.25, -0.2) is 4.79 Å². The summed E-state index contributed by atoms with van der Waals surface area (Å²) < 4.78 is 11.2. The molecule has 2 heterocycles. The molecule has 0 aliphatic carbocycles. The van der Waals surface area contributed by atoms with Crippen molar-refractivity contribution in [1.29, 1.82) is 0 Å². The van der Waals surface area contributed by atoms with Crippen molar-refractivity contribution in [1.82, 2.24) is 9.55 Å². The quantitative estimate of drug-likeness (QED) is 0.386. The summed E-state index contributed by atoms with van der Waals surface area (Å²) >= 11 is 0. The minimum absolute atomic E-state index is 0.245. The molecule has 11 heteroatoms. The van der Waals surface area contributed by atoms with Crippen molar-refractivity contribution >= 4 is 8.53 Å². The van der Waals surface area contributed by atoms with Gasteiger partial charge >= 0.3 is 5.69 Å². The fraction of sp³-hybridized carbons (Fsp3) is 0.600. The molecule has 10 nitrogen and oxygen atoms in total. The molecule has 1 aliphatic rings. The molecule has 1 fully saturated rings. The number of rotatable bonds is 4. The van der Waals surface area contributed by atoms with Gasteiger partial charge in [-0.05, 0) is 6.92 Å². The molecule has 2 rings (SSSR count). The summed E-state index contributed by atoms with van der Waals surface area (Å²) in [4.78, 5) is 33.9. The zero-order valence-corrected chi connectivity index (χ0v) is 11.9. The Bertz CT molecular complexity index is 615. The van der Waals surface area contributed by atoms with E-state index in [0.29, 0.717) is 0 Å². The molecule has 6 N–H and O–H groups in total. The zero-order valence-electron chi connectivity index (χ0n) is 11.0. The van der Waals surface area contributed by atoms with E-state index in [1.54, 1.807) is 0 Å². The largest absolute Gasteiger partial charge is 0.387 e. The third kappa shape index (κ3) is 3.38. The summed E-state index contributed by atoms with van der Waals surface area (Å²) in [6.07, 6.45) is -4.88. The molecule has 0 spiro atoms. The van der Waals surface area contributed by atoms with Crippen LogP contribution in [-0.2, 0) is 9.26 Å². The summed E-state index contributed by atoms with van der Waals surface area (Å²) in [5.41, 5.74) is 4.00. The lowest BCUT2D eigenvalue weighted by Gasteiger charge is -2.19. The molecular weight excluding hydrogens is 305 g/mol. The number of aliphatic hydroxyl groups is 2. The third-order valence-corrected chi connectivity index (χ3v) is 3.55. The Kier molecular flexibility index (Phi) is 4.89. The number of aromatic amines is 1. The fourth-order valence-corrected chi connectivity index (χ4v) is 2.47. The highest BCUT2D eigenvalue weighted by Gasteiger charge is 2.44. The second-order valence-corrected chi connectivity index (χ2v) is 5.46. The minimum atomic E-state index is -2.12. The van der Waals surface area contributed by atoms with Crippen LogP contribution >= 0.6 is 8.53 Å². The van der Waals surface area contributed by atoms with Crippen LogP contribution in [0.1, 0.15) is 11.9 Å². The molecule has 118 valence electrons. The molecule has 1 unspecified atom stereocenters. The van der Waals surface area contributed by atoms with E-state index in [1.807, 2.05) is 4.98 Å². The van der Waals surface area contributed by atoms with Gasteiger partial charge in [-0.2, -0.15) is 0 Å². The van der Waals surface area contributed by atoms with E-state index in [0.717, 1.165) is 4.57 Å². The Morgan fingerprint density at radius 1 is 1.48 bits per heavy atom. The van der Waals surface area contributed by atoms with E-state index in [1.165, 1.54) is 13.0 Å². The van der Waals surface area contributed by atoms with Crippen LogP contribution in [0.5, 0.6) is 0 Å². The van der Waals surface area contributed by atoms with Crippen molar-refractivity contribution in [3.05, 3.63) is 32.6 Å². The van der Waals surface area contributed by atoms with Crippen LogP contribution in [0.15, 0.2) is 15.7 Å². The number of ether oxygens (including phenoxy) is 1. The van der Waals surface area contributed by atoms with Gasteiger partial charge in [-0.3, -0.25) is 19.8 Å². The molecule has 0 radical (unpaired) electrons. The van der Waals surface area contributed by atoms with Crippen LogP contribution < -0.4 is 16.8 Å². The van der Waals surface area contributed by atoms with E-state index in [2.05, 4.69) is 0 Å². The van der Waals surface area contributed by atoms with Gasteiger partial charge in [0, 0.05) is 11.8 Å². The number of hydrogen-bond donors (Lipinski definition) is 5. The first-order valence-electron chi connectivity index (χ1n) is 6.02. The maximum absolute atomic E-state index is 11.8. The molecular formula is C10H16N3O7P. The smallest absolute Gasteiger partial charge is 0.330 e. The first-order valence-corrected chi connectivity index (χ1v) is 7.30. The lowest BCUT2D eigenvalue weighted by Crippen LogP contribution is -2.39. The monoisotopic (exact) mass is 321 g/mol. The average molecular weight is 321 g/mol. The van der Waals surface area contributed by atoms with Gasteiger partial charge in [0.05, 0.1) is 6.61 Å². The summed E-state index contributed by atoms with van der Waals surface area (Å²) in [5.74, 6) is 0. The van der Waals surface area contributed by atoms with E-state index in [4.69, 9.17) is 19.7 Å². The summed E-state index contributed by atoms with van der Waals surface area (Å²) in [7, 11) is -2.12. The maximum Gasteiger partial charge on any atom is 0.330 e. The highest BCUT2D eigenvalue weighted by Crippen LogP contribution is 2.31. The highest BCUT2D eigenvalue weighted by atomic mass is 31.2. The Balaban J connectivity index is 2.26. The van der Waals surface area contributed by atoms with Gasteiger partial charge in [0.2, 0.25) is 8.53 Å². The molecule has 0 aromatic carbocycles. The molecule has 5 atom stereocenters. The van der Waals surface area contributed by atoms with Crippen molar-refractivity contribution in [2.45, 2.75) is 31.5 Å². The van der Waals surface area contributed by atoms with Crippen LogP contribution in [-0.4, -0.2) is 49.6 Å². The Morgan fingerprint density at radius 2 is 2.14 bits per heavy atom. The highest BCUT2D eigenvalue weighted by molar-refractivity contribution is 7.43. The second kappa shape index (κ2) is 6.32. The molecule has 0 bridgehead atoms. The summed E-state index contributed by atoms with van der Waals surface area (Å²) in [5, 5.41) is 19.9. The average Bonchev–Trinajstić information content (AvgIpc) is 2.63. The number of H-pyrrole nitrogens is 1. The third-order valence-electron chi connectivity index (χ3n) is 3.13. The Hall–Kier alpha value is -1.13. The molecule has 1 aliphatic heterocycles. The predicted octanol–water partition coefficient (Wildman–Crippen LogP) is -2.34. The van der Waals surface area contributed by atoms with Crippen LogP contribution in [0.2, 0.25) is 0 Å². The number of nitrogens with two attached hydrogens (primary N) is 1. The topological polar surface area (TPSA) is 160 Å².